The second kappa shape index (κ2) is 8.01. The van der Waals surface area contributed by atoms with E-state index in [0.717, 1.165) is 32.5 Å². The van der Waals surface area contributed by atoms with Crippen molar-refractivity contribution in [1.82, 2.24) is 4.90 Å². The number of hydrogen-bond donors (Lipinski definition) is 0. The summed E-state index contributed by atoms with van der Waals surface area (Å²) < 4.78 is 6.11. The number of benzene rings is 2. The second-order valence-corrected chi connectivity index (χ2v) is 7.04. The van der Waals surface area contributed by atoms with E-state index in [1.165, 1.54) is 29.2 Å². The van der Waals surface area contributed by atoms with E-state index in [4.69, 9.17) is 4.74 Å². The number of fused-ring (bicyclic) bond motifs is 1. The van der Waals surface area contributed by atoms with Crippen LogP contribution in [0.3, 0.4) is 0 Å². The Hall–Kier alpha value is -1.87. The highest BCUT2D eigenvalue weighted by Crippen LogP contribution is 2.40. The third kappa shape index (κ3) is 3.87. The van der Waals surface area contributed by atoms with Crippen LogP contribution in [-0.4, -0.2) is 30.5 Å². The molecule has 1 heterocycles. The van der Waals surface area contributed by atoms with Crippen LogP contribution in [0.25, 0.3) is 10.8 Å². The largest absolute Gasteiger partial charge is 0.454 e. The minimum Gasteiger partial charge on any atom is -0.454 e. The Morgan fingerprint density at radius 2 is 1.80 bits per heavy atom. The Labute approximate surface area is 151 Å². The van der Waals surface area contributed by atoms with Gasteiger partial charge in [0.1, 0.15) is 5.60 Å². The van der Waals surface area contributed by atoms with Gasteiger partial charge < -0.3 is 9.64 Å². The number of esters is 1. The quantitative estimate of drug-likeness (QED) is 0.702. The molecule has 0 amide bonds. The maximum Gasteiger partial charge on any atom is 0.306 e. The lowest BCUT2D eigenvalue weighted by Gasteiger charge is -2.42. The van der Waals surface area contributed by atoms with E-state index in [2.05, 4.69) is 54.3 Å². The molecule has 3 nitrogen and oxygen atoms in total. The highest BCUT2D eigenvalue weighted by molar-refractivity contribution is 5.87. The maximum absolute atomic E-state index is 12.2. The Morgan fingerprint density at radius 1 is 1.08 bits per heavy atom. The van der Waals surface area contributed by atoms with Crippen molar-refractivity contribution in [2.45, 2.75) is 51.6 Å². The smallest absolute Gasteiger partial charge is 0.306 e. The molecular weight excluding hydrogens is 310 g/mol. The normalized spacial score (nSPS) is 17.5. The van der Waals surface area contributed by atoms with Gasteiger partial charge in [-0.15, -0.1) is 0 Å². The first-order valence-electron chi connectivity index (χ1n) is 9.61. The molecule has 1 saturated heterocycles. The van der Waals surface area contributed by atoms with Crippen LogP contribution in [0.1, 0.15) is 51.5 Å². The number of nitrogens with zero attached hydrogens (tertiary/aromatic N) is 1. The average Bonchev–Trinajstić information content (AvgIpc) is 2.67. The summed E-state index contributed by atoms with van der Waals surface area (Å²) in [6, 6.07) is 14.8. The van der Waals surface area contributed by atoms with Crippen molar-refractivity contribution in [3.05, 3.63) is 48.0 Å². The maximum atomic E-state index is 12.2. The molecule has 25 heavy (non-hydrogen) atoms. The van der Waals surface area contributed by atoms with E-state index in [0.29, 0.717) is 6.42 Å². The number of carbonyl (C=O) groups is 1. The predicted octanol–water partition coefficient (Wildman–Crippen LogP) is 4.88. The summed E-state index contributed by atoms with van der Waals surface area (Å²) in [5, 5.41) is 2.41. The average molecular weight is 339 g/mol. The SMILES string of the molecule is CCCCN1CCC(OC(=O)CC)(c2cccc3ccccc23)CC1. The molecule has 1 aliphatic rings. The number of rotatable bonds is 6. The third-order valence-corrected chi connectivity index (χ3v) is 5.37. The van der Waals surface area contributed by atoms with Crippen LogP contribution >= 0.6 is 0 Å². The molecule has 0 N–H and O–H groups in total. The van der Waals surface area contributed by atoms with Gasteiger partial charge in [-0.05, 0) is 23.7 Å². The first kappa shape index (κ1) is 17.9. The van der Waals surface area contributed by atoms with E-state index in [1.807, 2.05) is 6.92 Å². The van der Waals surface area contributed by atoms with Crippen LogP contribution in [0.15, 0.2) is 42.5 Å². The fourth-order valence-corrected chi connectivity index (χ4v) is 3.86. The van der Waals surface area contributed by atoms with Crippen LogP contribution in [0, 0.1) is 0 Å². The number of piperidine rings is 1. The first-order chi connectivity index (χ1) is 12.2. The number of unbranched alkanes of at least 4 members (excludes halogenated alkanes) is 1. The minimum absolute atomic E-state index is 0.102. The van der Waals surface area contributed by atoms with Crippen molar-refractivity contribution in [3.8, 4) is 0 Å². The van der Waals surface area contributed by atoms with Gasteiger partial charge in [-0.1, -0.05) is 62.7 Å². The van der Waals surface area contributed by atoms with Gasteiger partial charge in [0.2, 0.25) is 0 Å². The molecule has 0 atom stereocenters. The molecule has 3 rings (SSSR count). The van der Waals surface area contributed by atoms with Crippen molar-refractivity contribution >= 4 is 16.7 Å². The molecule has 2 aromatic rings. The molecule has 1 aliphatic heterocycles. The van der Waals surface area contributed by atoms with Crippen molar-refractivity contribution in [3.63, 3.8) is 0 Å². The minimum atomic E-state index is -0.489. The summed E-state index contributed by atoms with van der Waals surface area (Å²) in [7, 11) is 0. The summed E-state index contributed by atoms with van der Waals surface area (Å²) in [4.78, 5) is 14.7. The molecule has 134 valence electrons. The standard InChI is InChI=1S/C22H29NO2/c1-3-5-15-23-16-13-22(14-17-23,25-21(24)4-2)20-12-8-10-18-9-6-7-11-19(18)20/h6-12H,3-5,13-17H2,1-2H3. The fourth-order valence-electron chi connectivity index (χ4n) is 3.86. The molecule has 1 fully saturated rings. The summed E-state index contributed by atoms with van der Waals surface area (Å²) in [6.07, 6.45) is 4.62. The topological polar surface area (TPSA) is 29.5 Å². The second-order valence-electron chi connectivity index (χ2n) is 7.04. The molecule has 0 aliphatic carbocycles. The lowest BCUT2D eigenvalue weighted by molar-refractivity contribution is -0.166. The number of likely N-dealkylation sites (tertiary alicyclic amines) is 1. The highest BCUT2D eigenvalue weighted by Gasteiger charge is 2.40. The van der Waals surface area contributed by atoms with Gasteiger partial charge in [0, 0.05) is 37.9 Å². The molecule has 0 aromatic heterocycles. The highest BCUT2D eigenvalue weighted by atomic mass is 16.6. The summed E-state index contributed by atoms with van der Waals surface area (Å²) in [5.41, 5.74) is 0.680. The number of ether oxygens (including phenoxy) is 1. The summed E-state index contributed by atoms with van der Waals surface area (Å²) in [5.74, 6) is -0.102. The zero-order chi connectivity index (χ0) is 17.7. The molecule has 0 bridgehead atoms. The van der Waals surface area contributed by atoms with Gasteiger partial charge in [0.15, 0.2) is 0 Å². The van der Waals surface area contributed by atoms with Crippen LogP contribution in [0.4, 0.5) is 0 Å². The van der Waals surface area contributed by atoms with Gasteiger partial charge in [-0.25, -0.2) is 0 Å². The Morgan fingerprint density at radius 3 is 2.52 bits per heavy atom. The zero-order valence-corrected chi connectivity index (χ0v) is 15.5. The molecule has 0 spiro atoms. The van der Waals surface area contributed by atoms with Crippen molar-refractivity contribution in [2.24, 2.45) is 0 Å². The zero-order valence-electron chi connectivity index (χ0n) is 15.5. The van der Waals surface area contributed by atoms with Gasteiger partial charge in [0.25, 0.3) is 0 Å². The first-order valence-corrected chi connectivity index (χ1v) is 9.61. The molecule has 0 unspecified atom stereocenters. The van der Waals surface area contributed by atoms with E-state index >= 15 is 0 Å². The third-order valence-electron chi connectivity index (χ3n) is 5.37. The van der Waals surface area contributed by atoms with Crippen molar-refractivity contribution in [2.75, 3.05) is 19.6 Å². The Bertz CT molecular complexity index is 712. The van der Waals surface area contributed by atoms with Crippen LogP contribution in [-0.2, 0) is 15.1 Å². The van der Waals surface area contributed by atoms with Gasteiger partial charge in [-0.3, -0.25) is 4.79 Å². The van der Waals surface area contributed by atoms with Crippen molar-refractivity contribution < 1.29 is 9.53 Å². The van der Waals surface area contributed by atoms with Crippen LogP contribution in [0.2, 0.25) is 0 Å². The van der Waals surface area contributed by atoms with Crippen LogP contribution < -0.4 is 0 Å². The van der Waals surface area contributed by atoms with E-state index in [1.54, 1.807) is 0 Å². The van der Waals surface area contributed by atoms with E-state index < -0.39 is 5.60 Å². The lowest BCUT2D eigenvalue weighted by Crippen LogP contribution is -2.45. The lowest BCUT2D eigenvalue weighted by atomic mass is 9.81. The number of hydrogen-bond acceptors (Lipinski definition) is 3. The summed E-state index contributed by atoms with van der Waals surface area (Å²) in [6.45, 7) is 7.22. The molecule has 0 radical (unpaired) electrons. The van der Waals surface area contributed by atoms with Crippen LogP contribution in [0.5, 0.6) is 0 Å². The molecule has 3 heteroatoms. The van der Waals surface area contributed by atoms with Gasteiger partial charge in [-0.2, -0.15) is 0 Å². The Balaban J connectivity index is 1.94. The monoisotopic (exact) mass is 339 g/mol. The predicted molar refractivity (Wildman–Crippen MR) is 103 cm³/mol. The fraction of sp³-hybridized carbons (Fsp3) is 0.500. The van der Waals surface area contributed by atoms with Crippen molar-refractivity contribution in [1.29, 1.82) is 0 Å². The Kier molecular flexibility index (Phi) is 5.74. The van der Waals surface area contributed by atoms with Gasteiger partial charge in [0.05, 0.1) is 0 Å². The summed E-state index contributed by atoms with van der Waals surface area (Å²) >= 11 is 0. The van der Waals surface area contributed by atoms with Gasteiger partial charge >= 0.3 is 5.97 Å². The molecule has 2 aromatic carbocycles. The van der Waals surface area contributed by atoms with E-state index in [-0.39, 0.29) is 5.97 Å². The number of carbonyl (C=O) groups excluding carboxylic acids is 1. The molecular formula is C22H29NO2. The van der Waals surface area contributed by atoms with E-state index in [9.17, 15) is 4.79 Å². The molecule has 0 saturated carbocycles.